The van der Waals surface area contributed by atoms with Crippen LogP contribution in [0, 0.1) is 21.4 Å². The molecular weight excluding hydrogens is 382 g/mol. The van der Waals surface area contributed by atoms with Crippen molar-refractivity contribution in [2.75, 3.05) is 38.1 Å². The summed E-state index contributed by atoms with van der Waals surface area (Å²) >= 11 is 0. The van der Waals surface area contributed by atoms with Gasteiger partial charge < -0.3 is 4.90 Å². The van der Waals surface area contributed by atoms with Crippen LogP contribution in [0.3, 0.4) is 0 Å². The second-order valence-corrected chi connectivity index (χ2v) is 9.26. The SMILES string of the molecule is CN(C1CCCCC1)S(=O)(=O)N1CCN(c2ccc([N+](=O)[O-])cc2C#N)CC1. The first-order valence-corrected chi connectivity index (χ1v) is 10.9. The molecule has 1 aliphatic heterocycles. The highest BCUT2D eigenvalue weighted by Gasteiger charge is 2.35. The molecule has 3 rings (SSSR count). The lowest BCUT2D eigenvalue weighted by atomic mass is 9.96. The van der Waals surface area contributed by atoms with E-state index in [0.717, 1.165) is 25.7 Å². The molecule has 2 aliphatic rings. The van der Waals surface area contributed by atoms with Gasteiger partial charge in [0, 0.05) is 51.4 Å². The highest BCUT2D eigenvalue weighted by molar-refractivity contribution is 7.86. The standard InChI is InChI=1S/C18H25N5O4S/c1-20(16-5-3-2-4-6-16)28(26,27)22-11-9-21(10-12-22)18-8-7-17(23(24)25)13-15(18)14-19/h7-8,13,16H,2-6,9-12H2,1H3. The minimum atomic E-state index is -3.52. The maximum absolute atomic E-state index is 13.0. The van der Waals surface area contributed by atoms with E-state index in [4.69, 9.17) is 0 Å². The van der Waals surface area contributed by atoms with Crippen molar-refractivity contribution in [3.05, 3.63) is 33.9 Å². The summed E-state index contributed by atoms with van der Waals surface area (Å²) in [6, 6.07) is 6.27. The van der Waals surface area contributed by atoms with Crippen LogP contribution in [0.1, 0.15) is 37.7 Å². The molecule has 1 aromatic carbocycles. The van der Waals surface area contributed by atoms with Crippen LogP contribution in [0.15, 0.2) is 18.2 Å². The Morgan fingerprint density at radius 2 is 1.82 bits per heavy atom. The van der Waals surface area contributed by atoms with Gasteiger partial charge in [0.25, 0.3) is 15.9 Å². The van der Waals surface area contributed by atoms with Crippen LogP contribution >= 0.6 is 0 Å². The van der Waals surface area contributed by atoms with Gasteiger partial charge in [-0.3, -0.25) is 10.1 Å². The monoisotopic (exact) mass is 407 g/mol. The number of nitrogens with zero attached hydrogens (tertiary/aromatic N) is 5. The summed E-state index contributed by atoms with van der Waals surface area (Å²) in [5.41, 5.74) is 0.700. The highest BCUT2D eigenvalue weighted by atomic mass is 32.2. The van der Waals surface area contributed by atoms with Crippen LogP contribution in [0.5, 0.6) is 0 Å². The fourth-order valence-electron chi connectivity index (χ4n) is 3.98. The van der Waals surface area contributed by atoms with Gasteiger partial charge in [0.2, 0.25) is 0 Å². The van der Waals surface area contributed by atoms with Crippen molar-refractivity contribution in [2.24, 2.45) is 0 Å². The van der Waals surface area contributed by atoms with Crippen molar-refractivity contribution in [2.45, 2.75) is 38.1 Å². The zero-order valence-electron chi connectivity index (χ0n) is 16.0. The molecule has 0 N–H and O–H groups in total. The summed E-state index contributed by atoms with van der Waals surface area (Å²) < 4.78 is 29.0. The van der Waals surface area contributed by atoms with Gasteiger partial charge in [0.05, 0.1) is 16.2 Å². The molecule has 1 aromatic rings. The van der Waals surface area contributed by atoms with Crippen LogP contribution in [0.2, 0.25) is 0 Å². The van der Waals surface area contributed by atoms with E-state index in [2.05, 4.69) is 0 Å². The molecule has 0 aromatic heterocycles. The molecule has 1 saturated heterocycles. The van der Waals surface area contributed by atoms with Crippen molar-refractivity contribution in [1.82, 2.24) is 8.61 Å². The van der Waals surface area contributed by atoms with E-state index >= 15 is 0 Å². The van der Waals surface area contributed by atoms with Crippen LogP contribution in [-0.4, -0.2) is 61.2 Å². The van der Waals surface area contributed by atoms with E-state index in [1.165, 1.54) is 27.2 Å². The van der Waals surface area contributed by atoms with Crippen molar-refractivity contribution >= 4 is 21.6 Å². The maximum atomic E-state index is 13.0. The summed E-state index contributed by atoms with van der Waals surface area (Å²) in [4.78, 5) is 12.3. The van der Waals surface area contributed by atoms with Gasteiger partial charge in [-0.15, -0.1) is 0 Å². The van der Waals surface area contributed by atoms with E-state index in [1.54, 1.807) is 13.1 Å². The van der Waals surface area contributed by atoms with Gasteiger partial charge in [-0.05, 0) is 18.9 Å². The largest absolute Gasteiger partial charge is 0.368 e. The van der Waals surface area contributed by atoms with Gasteiger partial charge in [-0.25, -0.2) is 0 Å². The number of rotatable bonds is 5. The highest BCUT2D eigenvalue weighted by Crippen LogP contribution is 2.28. The molecule has 10 heteroatoms. The predicted octanol–water partition coefficient (Wildman–Crippen LogP) is 2.10. The first-order valence-electron chi connectivity index (χ1n) is 9.51. The van der Waals surface area contributed by atoms with Gasteiger partial charge in [0.15, 0.2) is 0 Å². The third-order valence-electron chi connectivity index (χ3n) is 5.67. The molecule has 1 heterocycles. The van der Waals surface area contributed by atoms with Gasteiger partial charge in [-0.2, -0.15) is 22.3 Å². The number of anilines is 1. The number of nitro groups is 1. The Labute approximate surface area is 165 Å². The average molecular weight is 407 g/mol. The minimum absolute atomic E-state index is 0.0663. The molecule has 152 valence electrons. The molecule has 0 atom stereocenters. The Hall–Kier alpha value is -2.22. The van der Waals surface area contributed by atoms with Crippen LogP contribution < -0.4 is 4.90 Å². The van der Waals surface area contributed by atoms with Crippen molar-refractivity contribution in [3.63, 3.8) is 0 Å². The molecule has 1 aliphatic carbocycles. The summed E-state index contributed by atoms with van der Waals surface area (Å²) in [5.74, 6) is 0. The molecule has 2 fully saturated rings. The second kappa shape index (κ2) is 8.43. The molecule has 0 spiro atoms. The average Bonchev–Trinajstić information content (AvgIpc) is 2.73. The maximum Gasteiger partial charge on any atom is 0.282 e. The van der Waals surface area contributed by atoms with E-state index < -0.39 is 15.1 Å². The molecule has 28 heavy (non-hydrogen) atoms. The number of nitro benzene ring substituents is 1. The number of hydrogen-bond acceptors (Lipinski definition) is 6. The Kier molecular flexibility index (Phi) is 6.17. The fourth-order valence-corrected chi connectivity index (χ4v) is 5.55. The Morgan fingerprint density at radius 1 is 1.18 bits per heavy atom. The lowest BCUT2D eigenvalue weighted by Crippen LogP contribution is -2.54. The van der Waals surface area contributed by atoms with Crippen LogP contribution in [0.25, 0.3) is 0 Å². The van der Waals surface area contributed by atoms with E-state index in [1.807, 2.05) is 11.0 Å². The minimum Gasteiger partial charge on any atom is -0.368 e. The lowest BCUT2D eigenvalue weighted by molar-refractivity contribution is -0.384. The normalized spacial score (nSPS) is 19.5. The summed E-state index contributed by atoms with van der Waals surface area (Å²) in [5, 5.41) is 20.3. The summed E-state index contributed by atoms with van der Waals surface area (Å²) in [6.45, 7) is 1.51. The number of non-ortho nitro benzene ring substituents is 1. The number of nitriles is 1. The predicted molar refractivity (Wildman–Crippen MR) is 105 cm³/mol. The van der Waals surface area contributed by atoms with Gasteiger partial charge in [0.1, 0.15) is 6.07 Å². The molecule has 0 amide bonds. The van der Waals surface area contributed by atoms with Gasteiger partial charge in [-0.1, -0.05) is 19.3 Å². The molecule has 0 radical (unpaired) electrons. The summed E-state index contributed by atoms with van der Waals surface area (Å²) in [7, 11) is -1.85. The lowest BCUT2D eigenvalue weighted by Gasteiger charge is -2.39. The Bertz CT molecular complexity index is 868. The van der Waals surface area contributed by atoms with E-state index in [9.17, 15) is 23.8 Å². The number of piperazine rings is 1. The molecular formula is C18H25N5O4S. The van der Waals surface area contributed by atoms with Crippen molar-refractivity contribution in [3.8, 4) is 6.07 Å². The first-order chi connectivity index (χ1) is 13.3. The van der Waals surface area contributed by atoms with Crippen molar-refractivity contribution in [1.29, 1.82) is 5.26 Å². The Balaban J connectivity index is 1.69. The third-order valence-corrected chi connectivity index (χ3v) is 7.71. The van der Waals surface area contributed by atoms with Crippen LogP contribution in [-0.2, 0) is 10.2 Å². The van der Waals surface area contributed by atoms with Crippen molar-refractivity contribution < 1.29 is 13.3 Å². The number of hydrogen-bond donors (Lipinski definition) is 0. The topological polar surface area (TPSA) is 111 Å². The molecule has 1 saturated carbocycles. The first kappa shape index (κ1) is 20.5. The Morgan fingerprint density at radius 3 is 2.39 bits per heavy atom. The number of benzene rings is 1. The zero-order chi connectivity index (χ0) is 20.3. The molecule has 0 unspecified atom stereocenters. The van der Waals surface area contributed by atoms with Gasteiger partial charge >= 0.3 is 0 Å². The summed E-state index contributed by atoms with van der Waals surface area (Å²) in [6.07, 6.45) is 5.11. The van der Waals surface area contributed by atoms with E-state index in [-0.39, 0.29) is 17.3 Å². The van der Waals surface area contributed by atoms with E-state index in [0.29, 0.717) is 31.9 Å². The second-order valence-electron chi connectivity index (χ2n) is 7.27. The quantitative estimate of drug-likeness (QED) is 0.546. The van der Waals surface area contributed by atoms with Crippen LogP contribution in [0.4, 0.5) is 11.4 Å². The zero-order valence-corrected chi connectivity index (χ0v) is 16.8. The smallest absolute Gasteiger partial charge is 0.282 e. The molecule has 0 bridgehead atoms. The third kappa shape index (κ3) is 4.11. The fraction of sp³-hybridized carbons (Fsp3) is 0.611. The molecule has 9 nitrogen and oxygen atoms in total.